The Morgan fingerprint density at radius 3 is 2.73 bits per heavy atom. The van der Waals surface area contributed by atoms with E-state index in [1.165, 1.54) is 6.08 Å². The van der Waals surface area contributed by atoms with Crippen LogP contribution in [0.4, 0.5) is 5.69 Å². The van der Waals surface area contributed by atoms with Gasteiger partial charge in [-0.15, -0.1) is 0 Å². The monoisotopic (exact) mass is 410 g/mol. The third-order valence-corrected chi connectivity index (χ3v) is 4.70. The first-order valence-corrected chi connectivity index (χ1v) is 9.88. The van der Waals surface area contributed by atoms with Crippen molar-refractivity contribution in [3.63, 3.8) is 0 Å². The van der Waals surface area contributed by atoms with Crippen LogP contribution < -0.4 is 24.8 Å². The largest absolute Gasteiger partial charge is 0.493 e. The van der Waals surface area contributed by atoms with Crippen LogP contribution in [0, 0.1) is 0 Å². The minimum Gasteiger partial charge on any atom is -0.493 e. The van der Waals surface area contributed by atoms with Crippen molar-refractivity contribution in [2.45, 2.75) is 26.3 Å². The van der Waals surface area contributed by atoms with E-state index in [9.17, 15) is 9.59 Å². The number of amides is 2. The summed E-state index contributed by atoms with van der Waals surface area (Å²) < 4.78 is 16.5. The molecule has 0 radical (unpaired) electrons. The number of rotatable bonds is 7. The second-order valence-electron chi connectivity index (χ2n) is 6.90. The summed E-state index contributed by atoms with van der Waals surface area (Å²) in [6.45, 7) is 4.85. The molecular formula is C23H26N2O5. The quantitative estimate of drug-likeness (QED) is 0.681. The molecule has 1 atom stereocenters. The molecule has 158 valence electrons. The van der Waals surface area contributed by atoms with E-state index >= 15 is 0 Å². The van der Waals surface area contributed by atoms with Gasteiger partial charge in [0, 0.05) is 12.1 Å². The summed E-state index contributed by atoms with van der Waals surface area (Å²) in [6.07, 6.45) is 3.87. The number of hydrogen-bond acceptors (Lipinski definition) is 5. The number of nitrogens with one attached hydrogen (secondary N) is 2. The molecule has 2 N–H and O–H groups in total. The first-order valence-electron chi connectivity index (χ1n) is 9.88. The Balaban J connectivity index is 1.74. The predicted octanol–water partition coefficient (Wildman–Crippen LogP) is 3.65. The van der Waals surface area contributed by atoms with Gasteiger partial charge in [-0.1, -0.05) is 19.1 Å². The van der Waals surface area contributed by atoms with Crippen LogP contribution in [-0.4, -0.2) is 38.2 Å². The molecule has 0 bridgehead atoms. The Kier molecular flexibility index (Phi) is 6.95. The number of ether oxygens (including phenoxy) is 3. The molecular weight excluding hydrogens is 384 g/mol. The molecule has 1 aliphatic rings. The maximum Gasteiger partial charge on any atom is 0.253 e. The van der Waals surface area contributed by atoms with E-state index in [1.807, 2.05) is 13.8 Å². The molecule has 2 amide bonds. The lowest BCUT2D eigenvalue weighted by molar-refractivity contribution is -0.111. The number of methoxy groups -OCH3 is 1. The van der Waals surface area contributed by atoms with Gasteiger partial charge in [-0.25, -0.2) is 0 Å². The van der Waals surface area contributed by atoms with Crippen LogP contribution in [0.25, 0.3) is 6.08 Å². The van der Waals surface area contributed by atoms with Crippen molar-refractivity contribution in [3.8, 4) is 17.2 Å². The van der Waals surface area contributed by atoms with Gasteiger partial charge in [0.05, 0.1) is 18.4 Å². The van der Waals surface area contributed by atoms with Gasteiger partial charge < -0.3 is 24.8 Å². The summed E-state index contributed by atoms with van der Waals surface area (Å²) in [5, 5.41) is 5.68. The summed E-state index contributed by atoms with van der Waals surface area (Å²) in [6, 6.07) is 10.5. The molecule has 7 nitrogen and oxygen atoms in total. The number of carbonyl (C=O) groups excluding carboxylic acids is 2. The highest BCUT2D eigenvalue weighted by Crippen LogP contribution is 2.40. The molecule has 0 saturated carbocycles. The van der Waals surface area contributed by atoms with E-state index in [-0.39, 0.29) is 17.9 Å². The van der Waals surface area contributed by atoms with Gasteiger partial charge in [0.1, 0.15) is 13.2 Å². The zero-order chi connectivity index (χ0) is 21.5. The Labute approximate surface area is 176 Å². The van der Waals surface area contributed by atoms with Crippen molar-refractivity contribution in [2.24, 2.45) is 0 Å². The van der Waals surface area contributed by atoms with Gasteiger partial charge in [-0.2, -0.15) is 0 Å². The first-order chi connectivity index (χ1) is 14.5. The molecule has 3 rings (SSSR count). The van der Waals surface area contributed by atoms with Crippen molar-refractivity contribution < 1.29 is 23.8 Å². The third-order valence-electron chi connectivity index (χ3n) is 4.70. The van der Waals surface area contributed by atoms with Crippen molar-refractivity contribution in [3.05, 3.63) is 53.6 Å². The maximum absolute atomic E-state index is 12.5. The number of carbonyl (C=O) groups is 2. The smallest absolute Gasteiger partial charge is 0.253 e. The summed E-state index contributed by atoms with van der Waals surface area (Å²) in [5.74, 6) is 1.10. The van der Waals surface area contributed by atoms with E-state index < -0.39 is 0 Å². The molecule has 2 aromatic carbocycles. The van der Waals surface area contributed by atoms with Crippen LogP contribution in [0.15, 0.2) is 42.5 Å². The number of anilines is 1. The number of hydrogen-bond donors (Lipinski definition) is 2. The molecule has 7 heteroatoms. The minimum absolute atomic E-state index is 0.0475. The van der Waals surface area contributed by atoms with E-state index in [0.717, 1.165) is 12.0 Å². The minimum atomic E-state index is -0.354. The molecule has 0 aromatic heterocycles. The van der Waals surface area contributed by atoms with Crippen molar-refractivity contribution in [1.82, 2.24) is 5.32 Å². The Morgan fingerprint density at radius 2 is 1.97 bits per heavy atom. The summed E-state index contributed by atoms with van der Waals surface area (Å²) in [7, 11) is 1.55. The Hall–Kier alpha value is -3.48. The van der Waals surface area contributed by atoms with E-state index in [0.29, 0.717) is 41.7 Å². The Morgan fingerprint density at radius 1 is 1.20 bits per heavy atom. The number of benzene rings is 2. The van der Waals surface area contributed by atoms with Gasteiger partial charge in [0.15, 0.2) is 11.5 Å². The average molecular weight is 410 g/mol. The summed E-state index contributed by atoms with van der Waals surface area (Å²) in [5.41, 5.74) is 1.60. The fourth-order valence-electron chi connectivity index (χ4n) is 2.93. The van der Waals surface area contributed by atoms with Crippen LogP contribution in [0.5, 0.6) is 17.2 Å². The second kappa shape index (κ2) is 9.82. The highest BCUT2D eigenvalue weighted by molar-refractivity contribution is 6.07. The zero-order valence-corrected chi connectivity index (χ0v) is 17.4. The van der Waals surface area contributed by atoms with Gasteiger partial charge >= 0.3 is 0 Å². The lowest BCUT2D eigenvalue weighted by Gasteiger charge is -2.20. The summed E-state index contributed by atoms with van der Waals surface area (Å²) in [4.78, 5) is 24.9. The second-order valence-corrected chi connectivity index (χ2v) is 6.90. The van der Waals surface area contributed by atoms with Gasteiger partial charge in [0.25, 0.3) is 5.91 Å². The molecule has 30 heavy (non-hydrogen) atoms. The average Bonchev–Trinajstić information content (AvgIpc) is 2.77. The first kappa shape index (κ1) is 21.2. The molecule has 0 fully saturated rings. The fraction of sp³-hybridized carbons (Fsp3) is 0.304. The van der Waals surface area contributed by atoms with Gasteiger partial charge in [-0.05, 0) is 49.2 Å². The van der Waals surface area contributed by atoms with Crippen LogP contribution >= 0.6 is 0 Å². The summed E-state index contributed by atoms with van der Waals surface area (Å²) >= 11 is 0. The van der Waals surface area contributed by atoms with Crippen LogP contribution in [-0.2, 0) is 4.79 Å². The Bertz CT molecular complexity index is 937. The van der Waals surface area contributed by atoms with Crippen LogP contribution in [0.3, 0.4) is 0 Å². The SMILES string of the molecule is CCC(C)NC(=O)c1ccccc1NC(=O)/C=C/c1cc(OC)c2c(c1)OCCO2. The molecule has 0 aliphatic carbocycles. The number of fused-ring (bicyclic) bond motifs is 1. The molecule has 1 unspecified atom stereocenters. The normalized spacial score (nSPS) is 13.6. The molecule has 0 saturated heterocycles. The standard InChI is InChI=1S/C23H26N2O5/c1-4-15(2)24-23(27)17-7-5-6-8-18(17)25-21(26)10-9-16-13-19(28-3)22-20(14-16)29-11-12-30-22/h5-10,13-15H,4,11-12H2,1-3H3,(H,24,27)(H,25,26)/b10-9+. The van der Waals surface area contributed by atoms with E-state index in [1.54, 1.807) is 49.6 Å². The van der Waals surface area contributed by atoms with Gasteiger partial charge in [-0.3, -0.25) is 9.59 Å². The van der Waals surface area contributed by atoms with Crippen molar-refractivity contribution in [2.75, 3.05) is 25.6 Å². The number of para-hydroxylation sites is 1. The van der Waals surface area contributed by atoms with Crippen molar-refractivity contribution in [1.29, 1.82) is 0 Å². The topological polar surface area (TPSA) is 85.9 Å². The lowest BCUT2D eigenvalue weighted by atomic mass is 10.1. The van der Waals surface area contributed by atoms with E-state index in [4.69, 9.17) is 14.2 Å². The zero-order valence-electron chi connectivity index (χ0n) is 17.4. The van der Waals surface area contributed by atoms with Crippen molar-refractivity contribution >= 4 is 23.6 Å². The third kappa shape index (κ3) is 5.11. The van der Waals surface area contributed by atoms with Crippen LogP contribution in [0.1, 0.15) is 36.2 Å². The lowest BCUT2D eigenvalue weighted by Crippen LogP contribution is -2.32. The highest BCUT2D eigenvalue weighted by atomic mass is 16.6. The fourth-order valence-corrected chi connectivity index (χ4v) is 2.93. The van der Waals surface area contributed by atoms with Gasteiger partial charge in [0.2, 0.25) is 11.7 Å². The highest BCUT2D eigenvalue weighted by Gasteiger charge is 2.18. The van der Waals surface area contributed by atoms with E-state index in [2.05, 4.69) is 10.6 Å². The van der Waals surface area contributed by atoms with Crippen LogP contribution in [0.2, 0.25) is 0 Å². The molecule has 0 spiro atoms. The molecule has 1 heterocycles. The maximum atomic E-state index is 12.5. The molecule has 2 aromatic rings. The predicted molar refractivity (Wildman–Crippen MR) is 115 cm³/mol. The molecule has 1 aliphatic heterocycles.